The van der Waals surface area contributed by atoms with E-state index < -0.39 is 15.8 Å². The number of nitriles is 1. The van der Waals surface area contributed by atoms with E-state index in [4.69, 9.17) is 28.5 Å². The quantitative estimate of drug-likeness (QED) is 0.907. The van der Waals surface area contributed by atoms with Gasteiger partial charge in [-0.05, 0) is 36.0 Å². The van der Waals surface area contributed by atoms with Gasteiger partial charge in [0.1, 0.15) is 0 Å². The standard InChI is InChI=1S/C12H12Cl2N2O2S/c13-9-1-2-10(12(14)6-9)11-5-8(11)7-16-19(17,18)4-3-15/h1-2,6,8,11,16H,4-5,7H2/t8-,11+/m0/s1. The largest absolute Gasteiger partial charge is 0.225 e. The average Bonchev–Trinajstić information content (AvgIpc) is 3.06. The van der Waals surface area contributed by atoms with Crippen LogP contribution < -0.4 is 4.72 Å². The lowest BCUT2D eigenvalue weighted by molar-refractivity contribution is 0.580. The van der Waals surface area contributed by atoms with Crippen molar-refractivity contribution < 1.29 is 8.42 Å². The minimum absolute atomic E-state index is 0.229. The Morgan fingerprint density at radius 2 is 2.16 bits per heavy atom. The highest BCUT2D eigenvalue weighted by Gasteiger charge is 2.39. The smallest absolute Gasteiger partial charge is 0.214 e. The van der Waals surface area contributed by atoms with Gasteiger partial charge in [0.05, 0.1) is 6.07 Å². The van der Waals surface area contributed by atoms with Gasteiger partial charge in [-0.3, -0.25) is 0 Å². The molecule has 1 aromatic carbocycles. The van der Waals surface area contributed by atoms with Crippen molar-refractivity contribution in [3.63, 3.8) is 0 Å². The van der Waals surface area contributed by atoms with Crippen LogP contribution in [0.15, 0.2) is 18.2 Å². The Morgan fingerprint density at radius 1 is 1.42 bits per heavy atom. The summed E-state index contributed by atoms with van der Waals surface area (Å²) >= 11 is 11.9. The minimum Gasteiger partial charge on any atom is -0.214 e. The highest BCUT2D eigenvalue weighted by atomic mass is 35.5. The molecule has 0 aromatic heterocycles. The van der Waals surface area contributed by atoms with Gasteiger partial charge in [-0.1, -0.05) is 29.3 Å². The van der Waals surface area contributed by atoms with Gasteiger partial charge in [0.2, 0.25) is 10.0 Å². The Kier molecular flexibility index (Phi) is 4.36. The van der Waals surface area contributed by atoms with Crippen LogP contribution in [0.2, 0.25) is 10.0 Å². The molecular formula is C12H12Cl2N2O2S. The van der Waals surface area contributed by atoms with Gasteiger partial charge in [0.25, 0.3) is 0 Å². The van der Waals surface area contributed by atoms with Crippen molar-refractivity contribution in [3.05, 3.63) is 33.8 Å². The molecule has 1 aromatic rings. The lowest BCUT2D eigenvalue weighted by atomic mass is 10.1. The van der Waals surface area contributed by atoms with E-state index in [1.54, 1.807) is 18.2 Å². The zero-order valence-corrected chi connectivity index (χ0v) is 12.3. The molecule has 2 rings (SSSR count). The van der Waals surface area contributed by atoms with E-state index in [0.29, 0.717) is 16.6 Å². The normalized spacial score (nSPS) is 21.9. The predicted octanol–water partition coefficient (Wildman–Crippen LogP) is 2.54. The number of nitrogens with zero attached hydrogens (tertiary/aromatic N) is 1. The van der Waals surface area contributed by atoms with E-state index in [-0.39, 0.29) is 11.8 Å². The molecule has 0 amide bonds. The van der Waals surface area contributed by atoms with E-state index in [1.807, 2.05) is 6.07 Å². The Morgan fingerprint density at radius 3 is 2.79 bits per heavy atom. The van der Waals surface area contributed by atoms with E-state index in [2.05, 4.69) is 4.72 Å². The van der Waals surface area contributed by atoms with E-state index in [0.717, 1.165) is 12.0 Å². The maximum Gasteiger partial charge on any atom is 0.225 e. The molecule has 0 radical (unpaired) electrons. The summed E-state index contributed by atoms with van der Waals surface area (Å²) in [4.78, 5) is 0. The van der Waals surface area contributed by atoms with Crippen LogP contribution in [0.4, 0.5) is 0 Å². The van der Waals surface area contributed by atoms with Gasteiger partial charge in [-0.2, -0.15) is 5.26 Å². The van der Waals surface area contributed by atoms with Crippen molar-refractivity contribution in [2.45, 2.75) is 12.3 Å². The molecule has 0 heterocycles. The van der Waals surface area contributed by atoms with E-state index in [1.165, 1.54) is 0 Å². The molecule has 0 bridgehead atoms. The third kappa shape index (κ3) is 3.83. The highest BCUT2D eigenvalue weighted by molar-refractivity contribution is 7.89. The SMILES string of the molecule is N#CCS(=O)(=O)NC[C@@H]1C[C@H]1c1ccc(Cl)cc1Cl. The molecule has 1 aliphatic carbocycles. The van der Waals surface area contributed by atoms with Crippen LogP contribution in [0.3, 0.4) is 0 Å². The molecule has 2 atom stereocenters. The van der Waals surface area contributed by atoms with Gasteiger partial charge >= 0.3 is 0 Å². The minimum atomic E-state index is -3.47. The van der Waals surface area contributed by atoms with Crippen molar-refractivity contribution in [2.24, 2.45) is 5.92 Å². The summed E-state index contributed by atoms with van der Waals surface area (Å²) < 4.78 is 25.1. The fraction of sp³-hybridized carbons (Fsp3) is 0.417. The second-order valence-electron chi connectivity index (χ2n) is 4.53. The predicted molar refractivity (Wildman–Crippen MR) is 74.7 cm³/mol. The van der Waals surface area contributed by atoms with Crippen molar-refractivity contribution in [3.8, 4) is 6.07 Å². The zero-order valence-electron chi connectivity index (χ0n) is 9.94. The van der Waals surface area contributed by atoms with Crippen LogP contribution >= 0.6 is 23.2 Å². The topological polar surface area (TPSA) is 70.0 Å². The molecule has 1 aliphatic rings. The van der Waals surface area contributed by atoms with Crippen molar-refractivity contribution in [1.82, 2.24) is 4.72 Å². The number of hydrogen-bond donors (Lipinski definition) is 1. The first-order chi connectivity index (χ1) is 8.93. The van der Waals surface area contributed by atoms with Crippen LogP contribution in [-0.2, 0) is 10.0 Å². The van der Waals surface area contributed by atoms with Gasteiger partial charge in [-0.25, -0.2) is 13.1 Å². The first kappa shape index (κ1) is 14.6. The van der Waals surface area contributed by atoms with Crippen LogP contribution in [0.5, 0.6) is 0 Å². The van der Waals surface area contributed by atoms with Crippen LogP contribution in [-0.4, -0.2) is 20.7 Å². The van der Waals surface area contributed by atoms with Gasteiger partial charge in [-0.15, -0.1) is 0 Å². The second-order valence-corrected chi connectivity index (χ2v) is 7.18. The van der Waals surface area contributed by atoms with Crippen molar-refractivity contribution in [1.29, 1.82) is 5.26 Å². The van der Waals surface area contributed by atoms with Crippen LogP contribution in [0.1, 0.15) is 17.9 Å². The number of benzene rings is 1. The molecule has 19 heavy (non-hydrogen) atoms. The lowest BCUT2D eigenvalue weighted by Crippen LogP contribution is -2.28. The Labute approximate surface area is 122 Å². The van der Waals surface area contributed by atoms with Gasteiger partial charge in [0.15, 0.2) is 5.75 Å². The van der Waals surface area contributed by atoms with Gasteiger partial charge < -0.3 is 0 Å². The third-order valence-corrected chi connectivity index (χ3v) is 4.78. The van der Waals surface area contributed by atoms with Crippen LogP contribution in [0.25, 0.3) is 0 Å². The molecule has 0 spiro atoms. The van der Waals surface area contributed by atoms with Gasteiger partial charge in [0, 0.05) is 16.6 Å². The van der Waals surface area contributed by atoms with Crippen molar-refractivity contribution >= 4 is 33.2 Å². The number of sulfonamides is 1. The molecule has 0 saturated heterocycles. The lowest BCUT2D eigenvalue weighted by Gasteiger charge is -2.05. The van der Waals surface area contributed by atoms with E-state index in [9.17, 15) is 8.42 Å². The summed E-state index contributed by atoms with van der Waals surface area (Å²) in [6.45, 7) is 0.341. The first-order valence-corrected chi connectivity index (χ1v) is 8.13. The molecular weight excluding hydrogens is 307 g/mol. The fourth-order valence-electron chi connectivity index (χ4n) is 2.03. The summed E-state index contributed by atoms with van der Waals surface area (Å²) in [6.07, 6.45) is 0.885. The molecule has 0 aliphatic heterocycles. The molecule has 1 N–H and O–H groups in total. The third-order valence-electron chi connectivity index (χ3n) is 3.10. The Hall–Kier alpha value is -0.800. The molecule has 102 valence electrons. The van der Waals surface area contributed by atoms with Crippen LogP contribution in [0, 0.1) is 17.2 Å². The fourth-order valence-corrected chi connectivity index (χ4v) is 3.31. The first-order valence-electron chi connectivity index (χ1n) is 5.72. The highest BCUT2D eigenvalue weighted by Crippen LogP contribution is 2.49. The molecule has 1 fully saturated rings. The monoisotopic (exact) mass is 318 g/mol. The Bertz CT molecular complexity index is 625. The maximum atomic E-state index is 11.3. The Balaban J connectivity index is 1.93. The summed E-state index contributed by atoms with van der Waals surface area (Å²) in [5.41, 5.74) is 0.996. The molecule has 4 nitrogen and oxygen atoms in total. The molecule has 7 heteroatoms. The number of nitrogens with one attached hydrogen (secondary N) is 1. The average molecular weight is 319 g/mol. The molecule has 0 unspecified atom stereocenters. The summed E-state index contributed by atoms with van der Waals surface area (Å²) in [7, 11) is -3.47. The summed E-state index contributed by atoms with van der Waals surface area (Å²) in [5.74, 6) is -0.0202. The van der Waals surface area contributed by atoms with E-state index >= 15 is 0 Å². The summed E-state index contributed by atoms with van der Waals surface area (Å²) in [6, 6.07) is 6.96. The maximum absolute atomic E-state index is 11.3. The molecule has 1 saturated carbocycles. The summed E-state index contributed by atoms with van der Waals surface area (Å²) in [5, 5.41) is 9.57. The second kappa shape index (κ2) is 5.68. The number of halogens is 2. The number of hydrogen-bond acceptors (Lipinski definition) is 3. The zero-order chi connectivity index (χ0) is 14.0. The van der Waals surface area contributed by atoms with Crippen molar-refractivity contribution in [2.75, 3.05) is 12.3 Å². The number of rotatable bonds is 5.